The summed E-state index contributed by atoms with van der Waals surface area (Å²) in [4.78, 5) is 12.6. The maximum absolute atomic E-state index is 5.80. The monoisotopic (exact) mass is 293 g/mol. The second-order valence-corrected chi connectivity index (χ2v) is 4.58. The first-order valence-electron chi connectivity index (χ1n) is 6.71. The van der Waals surface area contributed by atoms with Crippen LogP contribution in [0.4, 0.5) is 17.5 Å². The number of hydrogen-bond acceptors (Lipinski definition) is 6. The van der Waals surface area contributed by atoms with Gasteiger partial charge in [-0.15, -0.1) is 0 Å². The van der Waals surface area contributed by atoms with E-state index in [1.165, 1.54) is 0 Å². The number of rotatable bonds is 4. The lowest BCUT2D eigenvalue weighted by Crippen LogP contribution is -2.01. The highest BCUT2D eigenvalue weighted by Gasteiger charge is 2.06. The predicted molar refractivity (Wildman–Crippen MR) is 86.0 cm³/mol. The van der Waals surface area contributed by atoms with Gasteiger partial charge in [-0.3, -0.25) is 0 Å². The summed E-state index contributed by atoms with van der Waals surface area (Å²) in [5, 5.41) is 3.20. The van der Waals surface area contributed by atoms with Crippen molar-refractivity contribution in [3.8, 4) is 17.1 Å². The zero-order valence-electron chi connectivity index (χ0n) is 12.0. The number of nitrogens with zero attached hydrogens (tertiary/aromatic N) is 3. The molecule has 110 valence electrons. The first-order chi connectivity index (χ1) is 10.7. The largest absolute Gasteiger partial charge is 0.481 e. The SMILES string of the molecule is COc1ccc(-c2cc(Nc3ccccc3)nc(N)n2)cn1. The van der Waals surface area contributed by atoms with Crippen LogP contribution in [-0.2, 0) is 0 Å². The van der Waals surface area contributed by atoms with Crippen molar-refractivity contribution in [2.45, 2.75) is 0 Å². The molecule has 0 amide bonds. The van der Waals surface area contributed by atoms with Gasteiger partial charge in [0.15, 0.2) is 0 Å². The number of nitrogens with one attached hydrogen (secondary N) is 1. The minimum atomic E-state index is 0.201. The van der Waals surface area contributed by atoms with Crippen LogP contribution in [0.1, 0.15) is 0 Å². The number of para-hydroxylation sites is 1. The van der Waals surface area contributed by atoms with Crippen LogP contribution in [0.2, 0.25) is 0 Å². The van der Waals surface area contributed by atoms with E-state index < -0.39 is 0 Å². The van der Waals surface area contributed by atoms with Crippen molar-refractivity contribution in [2.24, 2.45) is 0 Å². The lowest BCUT2D eigenvalue weighted by Gasteiger charge is -2.08. The maximum atomic E-state index is 5.80. The molecule has 3 N–H and O–H groups in total. The highest BCUT2D eigenvalue weighted by atomic mass is 16.5. The Bertz CT molecular complexity index is 759. The Morgan fingerprint density at radius 1 is 1.05 bits per heavy atom. The number of benzene rings is 1. The summed E-state index contributed by atoms with van der Waals surface area (Å²) >= 11 is 0. The molecule has 0 spiro atoms. The quantitative estimate of drug-likeness (QED) is 0.769. The smallest absolute Gasteiger partial charge is 0.222 e. The fourth-order valence-corrected chi connectivity index (χ4v) is 2.00. The number of pyridine rings is 1. The van der Waals surface area contributed by atoms with Gasteiger partial charge in [-0.05, 0) is 18.2 Å². The van der Waals surface area contributed by atoms with Gasteiger partial charge in [0.1, 0.15) is 5.82 Å². The van der Waals surface area contributed by atoms with Gasteiger partial charge in [0, 0.05) is 29.6 Å². The molecule has 22 heavy (non-hydrogen) atoms. The van der Waals surface area contributed by atoms with E-state index in [-0.39, 0.29) is 5.95 Å². The molecule has 0 atom stereocenters. The minimum absolute atomic E-state index is 0.201. The number of anilines is 3. The molecular formula is C16H15N5O. The summed E-state index contributed by atoms with van der Waals surface area (Å²) in [5.41, 5.74) is 8.26. The van der Waals surface area contributed by atoms with E-state index in [0.29, 0.717) is 17.4 Å². The minimum Gasteiger partial charge on any atom is -0.481 e. The molecule has 6 heteroatoms. The second-order valence-electron chi connectivity index (χ2n) is 4.58. The molecule has 0 bridgehead atoms. The van der Waals surface area contributed by atoms with Gasteiger partial charge in [0.25, 0.3) is 0 Å². The van der Waals surface area contributed by atoms with E-state index in [1.54, 1.807) is 19.4 Å². The summed E-state index contributed by atoms with van der Waals surface area (Å²) < 4.78 is 5.05. The zero-order chi connectivity index (χ0) is 15.4. The molecule has 0 saturated heterocycles. The van der Waals surface area contributed by atoms with Gasteiger partial charge in [-0.2, -0.15) is 4.98 Å². The maximum Gasteiger partial charge on any atom is 0.222 e. The Morgan fingerprint density at radius 3 is 2.55 bits per heavy atom. The number of aromatic nitrogens is 3. The van der Waals surface area contributed by atoms with E-state index in [0.717, 1.165) is 11.3 Å². The Labute approximate surface area is 128 Å². The molecule has 3 aromatic rings. The van der Waals surface area contributed by atoms with E-state index >= 15 is 0 Å². The zero-order valence-corrected chi connectivity index (χ0v) is 12.0. The summed E-state index contributed by atoms with van der Waals surface area (Å²) in [6, 6.07) is 15.2. The summed E-state index contributed by atoms with van der Waals surface area (Å²) in [7, 11) is 1.58. The average Bonchev–Trinajstić information content (AvgIpc) is 2.55. The molecule has 0 saturated carbocycles. The molecule has 0 unspecified atom stereocenters. The van der Waals surface area contributed by atoms with Crippen LogP contribution < -0.4 is 15.8 Å². The number of nitrogen functional groups attached to an aromatic ring is 1. The Morgan fingerprint density at radius 2 is 1.86 bits per heavy atom. The van der Waals surface area contributed by atoms with Crippen molar-refractivity contribution in [2.75, 3.05) is 18.2 Å². The molecule has 1 aromatic carbocycles. The normalized spacial score (nSPS) is 10.2. The van der Waals surface area contributed by atoms with Crippen molar-refractivity contribution in [3.05, 3.63) is 54.7 Å². The van der Waals surface area contributed by atoms with Crippen molar-refractivity contribution in [1.29, 1.82) is 0 Å². The Kier molecular flexibility index (Phi) is 3.82. The molecule has 2 aromatic heterocycles. The third-order valence-corrected chi connectivity index (χ3v) is 3.03. The molecule has 6 nitrogen and oxygen atoms in total. The lowest BCUT2D eigenvalue weighted by atomic mass is 10.2. The van der Waals surface area contributed by atoms with Gasteiger partial charge in [0.05, 0.1) is 12.8 Å². The van der Waals surface area contributed by atoms with Crippen LogP contribution in [0.3, 0.4) is 0 Å². The van der Waals surface area contributed by atoms with Crippen LogP contribution in [0.5, 0.6) is 5.88 Å². The van der Waals surface area contributed by atoms with Crippen molar-refractivity contribution in [3.63, 3.8) is 0 Å². The Hall–Kier alpha value is -3.15. The molecular weight excluding hydrogens is 278 g/mol. The van der Waals surface area contributed by atoms with Crippen LogP contribution in [-0.4, -0.2) is 22.1 Å². The van der Waals surface area contributed by atoms with Crippen LogP contribution in [0, 0.1) is 0 Å². The standard InChI is InChI=1S/C16H15N5O/c1-22-15-8-7-11(10-18-15)13-9-14(21-16(17)20-13)19-12-5-3-2-4-6-12/h2-10H,1H3,(H3,17,19,20,21). The van der Waals surface area contributed by atoms with Gasteiger partial charge in [-0.1, -0.05) is 18.2 Å². The van der Waals surface area contributed by atoms with Crippen LogP contribution in [0.25, 0.3) is 11.3 Å². The predicted octanol–water partition coefficient (Wildman–Crippen LogP) is 2.87. The lowest BCUT2D eigenvalue weighted by molar-refractivity contribution is 0.398. The average molecular weight is 293 g/mol. The first-order valence-corrected chi connectivity index (χ1v) is 6.71. The molecule has 0 aliphatic heterocycles. The van der Waals surface area contributed by atoms with E-state index in [4.69, 9.17) is 10.5 Å². The molecule has 0 radical (unpaired) electrons. The van der Waals surface area contributed by atoms with Gasteiger partial charge < -0.3 is 15.8 Å². The second kappa shape index (κ2) is 6.09. The van der Waals surface area contributed by atoms with Crippen molar-refractivity contribution >= 4 is 17.5 Å². The first kappa shape index (κ1) is 13.8. The summed E-state index contributed by atoms with van der Waals surface area (Å²) in [6.45, 7) is 0. The third kappa shape index (κ3) is 3.12. The van der Waals surface area contributed by atoms with Crippen molar-refractivity contribution < 1.29 is 4.74 Å². The molecule has 2 heterocycles. The van der Waals surface area contributed by atoms with E-state index in [9.17, 15) is 0 Å². The van der Waals surface area contributed by atoms with Gasteiger partial charge >= 0.3 is 0 Å². The van der Waals surface area contributed by atoms with Gasteiger partial charge in [0.2, 0.25) is 11.8 Å². The molecule has 0 aliphatic carbocycles. The van der Waals surface area contributed by atoms with Crippen molar-refractivity contribution in [1.82, 2.24) is 15.0 Å². The number of nitrogens with two attached hydrogens (primary N) is 1. The van der Waals surface area contributed by atoms with E-state index in [1.807, 2.05) is 42.5 Å². The summed E-state index contributed by atoms with van der Waals surface area (Å²) in [6.07, 6.45) is 1.69. The topological polar surface area (TPSA) is 86.0 Å². The highest BCUT2D eigenvalue weighted by molar-refractivity contribution is 5.66. The number of hydrogen-bond donors (Lipinski definition) is 2. The number of methoxy groups -OCH3 is 1. The fraction of sp³-hybridized carbons (Fsp3) is 0.0625. The van der Waals surface area contributed by atoms with Crippen LogP contribution in [0.15, 0.2) is 54.7 Å². The molecule has 3 rings (SSSR count). The Balaban J connectivity index is 1.92. The summed E-state index contributed by atoms with van der Waals surface area (Å²) in [5.74, 6) is 1.38. The van der Waals surface area contributed by atoms with Gasteiger partial charge in [-0.25, -0.2) is 9.97 Å². The number of ether oxygens (including phenoxy) is 1. The molecule has 0 aliphatic rings. The molecule has 0 fully saturated rings. The van der Waals surface area contributed by atoms with E-state index in [2.05, 4.69) is 20.3 Å². The highest BCUT2D eigenvalue weighted by Crippen LogP contribution is 2.23. The fourth-order valence-electron chi connectivity index (χ4n) is 2.00. The van der Waals surface area contributed by atoms with Crippen LogP contribution >= 0.6 is 0 Å². The third-order valence-electron chi connectivity index (χ3n) is 3.03.